The van der Waals surface area contributed by atoms with E-state index in [1.54, 1.807) is 6.92 Å². The van der Waals surface area contributed by atoms with Crippen LogP contribution in [-0.2, 0) is 11.2 Å². The molecule has 5 heteroatoms. The predicted octanol–water partition coefficient (Wildman–Crippen LogP) is 2.25. The topological polar surface area (TPSA) is 65.1 Å². The second kappa shape index (κ2) is 6.08. The second-order valence-corrected chi connectivity index (χ2v) is 5.10. The van der Waals surface area contributed by atoms with Gasteiger partial charge in [-0.05, 0) is 37.1 Å². The minimum absolute atomic E-state index is 0.0541. The number of aliphatic hydroxyl groups is 1. The Morgan fingerprint density at radius 3 is 3.05 bits per heavy atom. The van der Waals surface area contributed by atoms with Crippen molar-refractivity contribution in [2.45, 2.75) is 25.9 Å². The summed E-state index contributed by atoms with van der Waals surface area (Å²) in [6.45, 7) is 2.19. The van der Waals surface area contributed by atoms with Crippen molar-refractivity contribution in [3.05, 3.63) is 35.0 Å². The van der Waals surface area contributed by atoms with Gasteiger partial charge in [0.25, 0.3) is 0 Å². The molecule has 0 radical (unpaired) electrons. The molecule has 0 spiro atoms. The lowest BCUT2D eigenvalue weighted by atomic mass is 10.1. The van der Waals surface area contributed by atoms with Crippen LogP contribution in [0.2, 0.25) is 5.02 Å². The zero-order chi connectivity index (χ0) is 13.8. The van der Waals surface area contributed by atoms with E-state index in [1.165, 1.54) is 0 Å². The molecule has 2 aromatic rings. The summed E-state index contributed by atoms with van der Waals surface area (Å²) in [6, 6.07) is 5.56. The third-order valence-corrected chi connectivity index (χ3v) is 3.20. The Labute approximate surface area is 116 Å². The molecule has 0 aliphatic heterocycles. The van der Waals surface area contributed by atoms with Gasteiger partial charge in [0.2, 0.25) is 5.91 Å². The van der Waals surface area contributed by atoms with E-state index in [9.17, 15) is 4.79 Å². The van der Waals surface area contributed by atoms with E-state index in [0.29, 0.717) is 24.4 Å². The molecule has 102 valence electrons. The largest absolute Gasteiger partial charge is 0.393 e. The van der Waals surface area contributed by atoms with Gasteiger partial charge in [0.15, 0.2) is 0 Å². The highest BCUT2D eigenvalue weighted by molar-refractivity contribution is 6.31. The number of amides is 1. The zero-order valence-corrected chi connectivity index (χ0v) is 11.5. The molecule has 1 atom stereocenters. The van der Waals surface area contributed by atoms with Crippen molar-refractivity contribution in [1.82, 2.24) is 10.3 Å². The Bertz CT molecular complexity index is 578. The van der Waals surface area contributed by atoms with Crippen LogP contribution >= 0.6 is 11.6 Å². The standard InChI is InChI=1S/C14H17ClN2O2/c1-9(18)4-5-16-14(19)6-10-8-17-13-3-2-11(15)7-12(10)13/h2-3,7-9,17-18H,4-6H2,1H3,(H,16,19). The first-order valence-corrected chi connectivity index (χ1v) is 6.64. The summed E-state index contributed by atoms with van der Waals surface area (Å²) in [7, 11) is 0. The average molecular weight is 281 g/mol. The molecule has 1 heterocycles. The van der Waals surface area contributed by atoms with Crippen LogP contribution in [0.25, 0.3) is 10.9 Å². The van der Waals surface area contributed by atoms with Crippen LogP contribution in [0.3, 0.4) is 0 Å². The summed E-state index contributed by atoms with van der Waals surface area (Å²) in [5.41, 5.74) is 1.89. The lowest BCUT2D eigenvalue weighted by Gasteiger charge is -2.06. The number of carbonyl (C=O) groups is 1. The molecule has 4 nitrogen and oxygen atoms in total. The van der Waals surface area contributed by atoms with E-state index in [2.05, 4.69) is 10.3 Å². The molecular formula is C14H17ClN2O2. The highest BCUT2D eigenvalue weighted by atomic mass is 35.5. The number of fused-ring (bicyclic) bond motifs is 1. The molecule has 0 fully saturated rings. The van der Waals surface area contributed by atoms with E-state index in [-0.39, 0.29) is 5.91 Å². The fourth-order valence-corrected chi connectivity index (χ4v) is 2.12. The Kier molecular flexibility index (Phi) is 4.45. The van der Waals surface area contributed by atoms with E-state index >= 15 is 0 Å². The fourth-order valence-electron chi connectivity index (χ4n) is 1.95. The normalized spacial score (nSPS) is 12.6. The summed E-state index contributed by atoms with van der Waals surface area (Å²) < 4.78 is 0. The number of rotatable bonds is 5. The molecule has 0 bridgehead atoms. The number of hydrogen-bond acceptors (Lipinski definition) is 2. The number of aromatic nitrogens is 1. The summed E-state index contributed by atoms with van der Waals surface area (Å²) in [4.78, 5) is 14.9. The number of nitrogens with one attached hydrogen (secondary N) is 2. The molecule has 0 aliphatic rings. The lowest BCUT2D eigenvalue weighted by molar-refractivity contribution is -0.120. The SMILES string of the molecule is CC(O)CCNC(=O)Cc1c[nH]c2ccc(Cl)cc12. The number of carbonyl (C=O) groups excluding carboxylic acids is 1. The monoisotopic (exact) mass is 280 g/mol. The lowest BCUT2D eigenvalue weighted by Crippen LogP contribution is -2.27. The van der Waals surface area contributed by atoms with E-state index in [1.807, 2.05) is 24.4 Å². The van der Waals surface area contributed by atoms with E-state index < -0.39 is 6.10 Å². The number of H-pyrrole nitrogens is 1. The maximum absolute atomic E-state index is 11.8. The third kappa shape index (κ3) is 3.72. The summed E-state index contributed by atoms with van der Waals surface area (Å²) in [5.74, 6) is -0.0541. The predicted molar refractivity (Wildman–Crippen MR) is 76.3 cm³/mol. The number of aromatic amines is 1. The Hall–Kier alpha value is -1.52. The van der Waals surface area contributed by atoms with E-state index in [0.717, 1.165) is 16.5 Å². The van der Waals surface area contributed by atoms with Gasteiger partial charge in [-0.25, -0.2) is 0 Å². The van der Waals surface area contributed by atoms with Crippen molar-refractivity contribution < 1.29 is 9.90 Å². The van der Waals surface area contributed by atoms with Crippen molar-refractivity contribution in [2.24, 2.45) is 0 Å². The minimum Gasteiger partial charge on any atom is -0.393 e. The van der Waals surface area contributed by atoms with Crippen molar-refractivity contribution in [2.75, 3.05) is 6.54 Å². The smallest absolute Gasteiger partial charge is 0.224 e. The van der Waals surface area contributed by atoms with Crippen LogP contribution in [-0.4, -0.2) is 28.6 Å². The van der Waals surface area contributed by atoms with Crippen LogP contribution in [0.5, 0.6) is 0 Å². The number of hydrogen-bond donors (Lipinski definition) is 3. The zero-order valence-electron chi connectivity index (χ0n) is 10.7. The average Bonchev–Trinajstić information content (AvgIpc) is 2.71. The van der Waals surface area contributed by atoms with Gasteiger partial charge in [-0.15, -0.1) is 0 Å². The third-order valence-electron chi connectivity index (χ3n) is 2.96. The van der Waals surface area contributed by atoms with Gasteiger partial charge in [-0.3, -0.25) is 4.79 Å². The van der Waals surface area contributed by atoms with Crippen LogP contribution in [0.4, 0.5) is 0 Å². The molecule has 1 aromatic heterocycles. The summed E-state index contributed by atoms with van der Waals surface area (Å²) in [6.07, 6.45) is 2.30. The molecule has 19 heavy (non-hydrogen) atoms. The molecular weight excluding hydrogens is 264 g/mol. The first-order chi connectivity index (χ1) is 9.06. The Balaban J connectivity index is 2.01. The minimum atomic E-state index is -0.396. The van der Waals surface area contributed by atoms with Gasteiger partial charge in [0, 0.05) is 28.7 Å². The molecule has 2 rings (SSSR count). The molecule has 1 aromatic carbocycles. The highest BCUT2D eigenvalue weighted by Gasteiger charge is 2.09. The maximum atomic E-state index is 11.8. The summed E-state index contributed by atoms with van der Waals surface area (Å²) >= 11 is 5.96. The Morgan fingerprint density at radius 2 is 2.32 bits per heavy atom. The first-order valence-electron chi connectivity index (χ1n) is 6.26. The van der Waals surface area contributed by atoms with Gasteiger partial charge in [0.05, 0.1) is 12.5 Å². The number of aliphatic hydroxyl groups excluding tert-OH is 1. The first kappa shape index (κ1) is 13.9. The van der Waals surface area contributed by atoms with Gasteiger partial charge in [-0.2, -0.15) is 0 Å². The molecule has 3 N–H and O–H groups in total. The van der Waals surface area contributed by atoms with Crippen molar-refractivity contribution in [3.8, 4) is 0 Å². The van der Waals surface area contributed by atoms with Crippen LogP contribution in [0, 0.1) is 0 Å². The Morgan fingerprint density at radius 1 is 1.53 bits per heavy atom. The maximum Gasteiger partial charge on any atom is 0.224 e. The summed E-state index contributed by atoms with van der Waals surface area (Å²) in [5, 5.41) is 13.5. The van der Waals surface area contributed by atoms with Crippen LogP contribution in [0.1, 0.15) is 18.9 Å². The van der Waals surface area contributed by atoms with Crippen LogP contribution in [0.15, 0.2) is 24.4 Å². The highest BCUT2D eigenvalue weighted by Crippen LogP contribution is 2.22. The van der Waals surface area contributed by atoms with Gasteiger partial charge in [0.1, 0.15) is 0 Å². The molecule has 0 saturated carbocycles. The number of halogens is 1. The molecule has 1 unspecified atom stereocenters. The molecule has 0 aliphatic carbocycles. The number of benzene rings is 1. The molecule has 0 saturated heterocycles. The van der Waals surface area contributed by atoms with Gasteiger partial charge < -0.3 is 15.4 Å². The molecule has 1 amide bonds. The van der Waals surface area contributed by atoms with Crippen LogP contribution < -0.4 is 5.32 Å². The van der Waals surface area contributed by atoms with Crippen molar-refractivity contribution in [1.29, 1.82) is 0 Å². The quantitative estimate of drug-likeness (QED) is 0.786. The fraction of sp³-hybridized carbons (Fsp3) is 0.357. The van der Waals surface area contributed by atoms with Gasteiger partial charge >= 0.3 is 0 Å². The van der Waals surface area contributed by atoms with Crippen molar-refractivity contribution in [3.63, 3.8) is 0 Å². The van der Waals surface area contributed by atoms with Crippen molar-refractivity contribution >= 4 is 28.4 Å². The second-order valence-electron chi connectivity index (χ2n) is 4.67. The van der Waals surface area contributed by atoms with Gasteiger partial charge in [-0.1, -0.05) is 11.6 Å². The van der Waals surface area contributed by atoms with E-state index in [4.69, 9.17) is 16.7 Å².